The molecular weight excluding hydrogens is 364 g/mol. The molecule has 1 N–H and O–H groups in total. The number of likely N-dealkylation sites (tertiary alicyclic amines) is 1. The number of benzene rings is 2. The average molecular weight is 395 g/mol. The lowest BCUT2D eigenvalue weighted by atomic mass is 10.0. The van der Waals surface area contributed by atoms with Crippen LogP contribution in [0.2, 0.25) is 0 Å². The smallest absolute Gasteiger partial charge is 0.251 e. The van der Waals surface area contributed by atoms with Crippen molar-refractivity contribution in [1.29, 1.82) is 0 Å². The van der Waals surface area contributed by atoms with E-state index >= 15 is 0 Å². The van der Waals surface area contributed by atoms with E-state index in [-0.39, 0.29) is 17.9 Å². The number of ether oxygens (including phenoxy) is 1. The maximum atomic E-state index is 12.4. The Morgan fingerprint density at radius 1 is 1.03 bits per heavy atom. The molecule has 0 saturated carbocycles. The third-order valence-corrected chi connectivity index (χ3v) is 5.38. The minimum atomic E-state index is -0.0388. The van der Waals surface area contributed by atoms with E-state index < -0.39 is 0 Å². The van der Waals surface area contributed by atoms with Crippen LogP contribution >= 0.6 is 0 Å². The quantitative estimate of drug-likeness (QED) is 0.725. The van der Waals surface area contributed by atoms with Gasteiger partial charge in [0.1, 0.15) is 5.75 Å². The van der Waals surface area contributed by atoms with E-state index in [1.54, 1.807) is 0 Å². The van der Waals surface area contributed by atoms with Gasteiger partial charge in [-0.2, -0.15) is 0 Å². The predicted octanol–water partition coefficient (Wildman–Crippen LogP) is 3.88. The molecule has 0 spiro atoms. The van der Waals surface area contributed by atoms with Crippen molar-refractivity contribution in [2.24, 2.45) is 0 Å². The van der Waals surface area contributed by atoms with Gasteiger partial charge in [-0.25, -0.2) is 0 Å². The second kappa shape index (κ2) is 10.1. The van der Waals surface area contributed by atoms with E-state index in [1.807, 2.05) is 67.3 Å². The highest BCUT2D eigenvalue weighted by Gasteiger charge is 2.23. The van der Waals surface area contributed by atoms with Crippen LogP contribution in [0.5, 0.6) is 5.75 Å². The molecule has 1 heterocycles. The molecule has 0 aromatic heterocycles. The van der Waals surface area contributed by atoms with Crippen LogP contribution in [0, 0.1) is 13.8 Å². The molecule has 3 rings (SSSR count). The van der Waals surface area contributed by atoms with Crippen molar-refractivity contribution in [1.82, 2.24) is 10.2 Å². The zero-order valence-corrected chi connectivity index (χ0v) is 17.3. The molecule has 29 heavy (non-hydrogen) atoms. The van der Waals surface area contributed by atoms with Crippen molar-refractivity contribution in [2.45, 2.75) is 45.6 Å². The first-order chi connectivity index (χ1) is 14.0. The normalized spacial score (nSPS) is 14.5. The number of hydrogen-bond donors (Lipinski definition) is 1. The number of carbonyl (C=O) groups excluding carboxylic acids is 2. The van der Waals surface area contributed by atoms with Crippen LogP contribution in [0.15, 0.2) is 48.5 Å². The maximum absolute atomic E-state index is 12.4. The second-order valence-corrected chi connectivity index (χ2v) is 7.71. The van der Waals surface area contributed by atoms with Gasteiger partial charge < -0.3 is 15.0 Å². The summed E-state index contributed by atoms with van der Waals surface area (Å²) in [6, 6.07) is 15.6. The molecule has 0 atom stereocenters. The lowest BCUT2D eigenvalue weighted by molar-refractivity contribution is -0.132. The Hall–Kier alpha value is -2.82. The molecule has 1 aliphatic rings. The summed E-state index contributed by atoms with van der Waals surface area (Å²) in [7, 11) is 0. The fourth-order valence-electron chi connectivity index (χ4n) is 3.53. The third kappa shape index (κ3) is 6.08. The summed E-state index contributed by atoms with van der Waals surface area (Å²) in [5.74, 6) is 1.01. The SMILES string of the molecule is Cc1ccc(C(=O)NC2CCN(C(=O)CCCOc3ccccc3C)CC2)cc1. The summed E-state index contributed by atoms with van der Waals surface area (Å²) in [5, 5.41) is 3.09. The van der Waals surface area contributed by atoms with Gasteiger partial charge in [-0.3, -0.25) is 9.59 Å². The van der Waals surface area contributed by atoms with E-state index in [2.05, 4.69) is 5.32 Å². The molecule has 2 amide bonds. The lowest BCUT2D eigenvalue weighted by Crippen LogP contribution is -2.46. The van der Waals surface area contributed by atoms with Gasteiger partial charge in [-0.15, -0.1) is 0 Å². The summed E-state index contributed by atoms with van der Waals surface area (Å²) in [5.41, 5.74) is 2.93. The molecule has 2 aromatic rings. The molecule has 5 nitrogen and oxygen atoms in total. The minimum absolute atomic E-state index is 0.0388. The molecule has 0 unspecified atom stereocenters. The highest BCUT2D eigenvalue weighted by atomic mass is 16.5. The fraction of sp³-hybridized carbons (Fsp3) is 0.417. The molecule has 2 aromatic carbocycles. The van der Waals surface area contributed by atoms with E-state index in [0.29, 0.717) is 38.1 Å². The lowest BCUT2D eigenvalue weighted by Gasteiger charge is -2.32. The average Bonchev–Trinajstić information content (AvgIpc) is 2.73. The van der Waals surface area contributed by atoms with Crippen molar-refractivity contribution in [3.63, 3.8) is 0 Å². The van der Waals surface area contributed by atoms with E-state index in [0.717, 1.165) is 29.7 Å². The monoisotopic (exact) mass is 394 g/mol. The number of hydrogen-bond acceptors (Lipinski definition) is 3. The number of aryl methyl sites for hydroxylation is 2. The second-order valence-electron chi connectivity index (χ2n) is 7.71. The summed E-state index contributed by atoms with van der Waals surface area (Å²) in [4.78, 5) is 26.7. The minimum Gasteiger partial charge on any atom is -0.493 e. The number of para-hydroxylation sites is 1. The standard InChI is InChI=1S/C24H30N2O3/c1-18-9-11-20(12-10-18)24(28)25-21-13-15-26(16-14-21)23(27)8-5-17-29-22-7-4-3-6-19(22)2/h3-4,6-7,9-12,21H,5,8,13-17H2,1-2H3,(H,25,28). The number of nitrogens with one attached hydrogen (secondary N) is 1. The summed E-state index contributed by atoms with van der Waals surface area (Å²) < 4.78 is 5.77. The Morgan fingerprint density at radius 3 is 2.41 bits per heavy atom. The Bertz CT molecular complexity index is 824. The molecule has 1 aliphatic heterocycles. The van der Waals surface area contributed by atoms with Gasteiger partial charge in [0.05, 0.1) is 6.61 Å². The van der Waals surface area contributed by atoms with Crippen LogP contribution < -0.4 is 10.1 Å². The van der Waals surface area contributed by atoms with Gasteiger partial charge in [0.25, 0.3) is 5.91 Å². The Labute approximate surface area is 173 Å². The van der Waals surface area contributed by atoms with Crippen molar-refractivity contribution >= 4 is 11.8 Å². The van der Waals surface area contributed by atoms with Gasteiger partial charge in [0.15, 0.2) is 0 Å². The van der Waals surface area contributed by atoms with E-state index in [9.17, 15) is 9.59 Å². The van der Waals surface area contributed by atoms with E-state index in [1.165, 1.54) is 0 Å². The van der Waals surface area contributed by atoms with Gasteiger partial charge in [-0.05, 0) is 56.9 Å². The maximum Gasteiger partial charge on any atom is 0.251 e. The van der Waals surface area contributed by atoms with Crippen molar-refractivity contribution in [2.75, 3.05) is 19.7 Å². The largest absolute Gasteiger partial charge is 0.493 e. The summed E-state index contributed by atoms with van der Waals surface area (Å²) in [6.07, 6.45) is 2.79. The first-order valence-electron chi connectivity index (χ1n) is 10.4. The van der Waals surface area contributed by atoms with Crippen LogP contribution in [0.4, 0.5) is 0 Å². The Kier molecular flexibility index (Phi) is 7.28. The molecule has 1 fully saturated rings. The number of piperidine rings is 1. The molecule has 0 bridgehead atoms. The van der Waals surface area contributed by atoms with Gasteiger partial charge in [-0.1, -0.05) is 35.9 Å². The third-order valence-electron chi connectivity index (χ3n) is 5.38. The molecule has 0 aliphatic carbocycles. The number of amides is 2. The number of carbonyl (C=O) groups is 2. The Morgan fingerprint density at radius 2 is 1.72 bits per heavy atom. The van der Waals surface area contributed by atoms with Crippen LogP contribution in [0.1, 0.15) is 47.2 Å². The van der Waals surface area contributed by atoms with Gasteiger partial charge in [0, 0.05) is 31.1 Å². The van der Waals surface area contributed by atoms with E-state index in [4.69, 9.17) is 4.74 Å². The molecule has 154 valence electrons. The highest BCUT2D eigenvalue weighted by molar-refractivity contribution is 5.94. The molecule has 5 heteroatoms. The highest BCUT2D eigenvalue weighted by Crippen LogP contribution is 2.17. The zero-order valence-electron chi connectivity index (χ0n) is 17.3. The topological polar surface area (TPSA) is 58.6 Å². The van der Waals surface area contributed by atoms with Gasteiger partial charge in [0.2, 0.25) is 5.91 Å². The first kappa shape index (κ1) is 20.9. The molecule has 0 radical (unpaired) electrons. The number of nitrogens with zero attached hydrogens (tertiary/aromatic N) is 1. The first-order valence-corrected chi connectivity index (χ1v) is 10.4. The zero-order chi connectivity index (χ0) is 20.6. The van der Waals surface area contributed by atoms with Crippen molar-refractivity contribution < 1.29 is 14.3 Å². The van der Waals surface area contributed by atoms with Crippen LogP contribution in [0.3, 0.4) is 0 Å². The predicted molar refractivity (Wildman–Crippen MR) is 114 cm³/mol. The van der Waals surface area contributed by atoms with Crippen LogP contribution in [0.25, 0.3) is 0 Å². The Balaban J connectivity index is 1.35. The fourth-order valence-corrected chi connectivity index (χ4v) is 3.53. The molecular formula is C24H30N2O3. The van der Waals surface area contributed by atoms with Crippen LogP contribution in [-0.2, 0) is 4.79 Å². The van der Waals surface area contributed by atoms with Crippen molar-refractivity contribution in [3.05, 3.63) is 65.2 Å². The van der Waals surface area contributed by atoms with Crippen LogP contribution in [-0.4, -0.2) is 42.5 Å². The summed E-state index contributed by atoms with van der Waals surface area (Å²) >= 11 is 0. The number of rotatable bonds is 7. The summed E-state index contributed by atoms with van der Waals surface area (Å²) in [6.45, 7) is 5.94. The molecule has 1 saturated heterocycles. The van der Waals surface area contributed by atoms with Crippen molar-refractivity contribution in [3.8, 4) is 5.75 Å². The van der Waals surface area contributed by atoms with Gasteiger partial charge >= 0.3 is 0 Å².